The van der Waals surface area contributed by atoms with Gasteiger partial charge in [-0.05, 0) is 36.8 Å². The van der Waals surface area contributed by atoms with E-state index in [1.807, 2.05) is 18.2 Å². The standard InChI is InChI=1S/C17H20N2O2S/c18-15(21)14-12-6-7-17(8-9-20,10-13(12)22-16(14)19)11-4-2-1-3-5-11/h1-5,20H,6-10,19H2,(H2,18,21). The molecular weight excluding hydrogens is 296 g/mol. The Hall–Kier alpha value is -1.85. The summed E-state index contributed by atoms with van der Waals surface area (Å²) >= 11 is 1.46. The van der Waals surface area contributed by atoms with E-state index in [-0.39, 0.29) is 12.0 Å². The second-order valence-corrected chi connectivity index (χ2v) is 7.04. The minimum Gasteiger partial charge on any atom is -0.396 e. The molecule has 1 atom stereocenters. The van der Waals surface area contributed by atoms with Crippen LogP contribution in [-0.4, -0.2) is 17.6 Å². The number of carbonyl (C=O) groups excluding carboxylic acids is 1. The highest BCUT2D eigenvalue weighted by molar-refractivity contribution is 7.16. The SMILES string of the molecule is NC(=O)c1c(N)sc2c1CCC(CCO)(c1ccccc1)C2. The van der Waals surface area contributed by atoms with Gasteiger partial charge in [-0.15, -0.1) is 11.3 Å². The van der Waals surface area contributed by atoms with Gasteiger partial charge in [-0.3, -0.25) is 4.79 Å². The first-order chi connectivity index (χ1) is 10.6. The van der Waals surface area contributed by atoms with Gasteiger partial charge >= 0.3 is 0 Å². The molecule has 0 radical (unpaired) electrons. The highest BCUT2D eigenvalue weighted by Gasteiger charge is 2.38. The van der Waals surface area contributed by atoms with Gasteiger partial charge in [0.05, 0.1) is 10.6 Å². The van der Waals surface area contributed by atoms with Crippen molar-refractivity contribution in [2.75, 3.05) is 12.3 Å². The normalized spacial score (nSPS) is 20.6. The van der Waals surface area contributed by atoms with Crippen molar-refractivity contribution < 1.29 is 9.90 Å². The Morgan fingerprint density at radius 3 is 2.68 bits per heavy atom. The summed E-state index contributed by atoms with van der Waals surface area (Å²) in [6, 6.07) is 10.3. The summed E-state index contributed by atoms with van der Waals surface area (Å²) in [6.45, 7) is 0.147. The zero-order valence-corrected chi connectivity index (χ0v) is 13.2. The van der Waals surface area contributed by atoms with E-state index in [1.165, 1.54) is 16.9 Å². The van der Waals surface area contributed by atoms with E-state index < -0.39 is 5.91 Å². The smallest absolute Gasteiger partial charge is 0.251 e. The van der Waals surface area contributed by atoms with Crippen LogP contribution in [0.4, 0.5) is 5.00 Å². The van der Waals surface area contributed by atoms with Gasteiger partial charge in [0.1, 0.15) is 0 Å². The van der Waals surface area contributed by atoms with E-state index >= 15 is 0 Å². The van der Waals surface area contributed by atoms with Crippen molar-refractivity contribution in [2.24, 2.45) is 5.73 Å². The van der Waals surface area contributed by atoms with E-state index in [0.29, 0.717) is 17.0 Å². The molecule has 1 aliphatic rings. The van der Waals surface area contributed by atoms with E-state index in [9.17, 15) is 9.90 Å². The molecule has 0 saturated carbocycles. The summed E-state index contributed by atoms with van der Waals surface area (Å²) in [4.78, 5) is 12.8. The van der Waals surface area contributed by atoms with Gasteiger partial charge in [0.15, 0.2) is 0 Å². The second kappa shape index (κ2) is 5.74. The average molecular weight is 316 g/mol. The Morgan fingerprint density at radius 2 is 2.05 bits per heavy atom. The van der Waals surface area contributed by atoms with Crippen LogP contribution in [0.5, 0.6) is 0 Å². The number of amides is 1. The maximum Gasteiger partial charge on any atom is 0.251 e. The topological polar surface area (TPSA) is 89.3 Å². The van der Waals surface area contributed by atoms with Crippen molar-refractivity contribution in [3.05, 3.63) is 51.9 Å². The molecular formula is C17H20N2O2S. The fourth-order valence-corrected chi connectivity index (χ4v) is 4.85. The summed E-state index contributed by atoms with van der Waals surface area (Å²) in [6.07, 6.45) is 3.17. The third kappa shape index (κ3) is 2.40. The summed E-state index contributed by atoms with van der Waals surface area (Å²) in [5.74, 6) is -0.440. The third-order valence-electron chi connectivity index (χ3n) is 4.69. The van der Waals surface area contributed by atoms with Gasteiger partial charge in [0.25, 0.3) is 5.91 Å². The molecule has 4 nitrogen and oxygen atoms in total. The highest BCUT2D eigenvalue weighted by atomic mass is 32.1. The molecule has 1 aromatic carbocycles. The van der Waals surface area contributed by atoms with E-state index in [2.05, 4.69) is 12.1 Å². The molecule has 1 aromatic heterocycles. The van der Waals surface area contributed by atoms with Crippen LogP contribution in [0.2, 0.25) is 0 Å². The summed E-state index contributed by atoms with van der Waals surface area (Å²) in [5, 5.41) is 10.1. The number of hydrogen-bond donors (Lipinski definition) is 3. The number of carbonyl (C=O) groups is 1. The highest BCUT2D eigenvalue weighted by Crippen LogP contribution is 2.46. The van der Waals surface area contributed by atoms with Crippen molar-refractivity contribution in [3.8, 4) is 0 Å². The maximum atomic E-state index is 11.6. The van der Waals surface area contributed by atoms with Crippen LogP contribution in [-0.2, 0) is 18.3 Å². The van der Waals surface area contributed by atoms with Gasteiger partial charge in [-0.25, -0.2) is 0 Å². The number of rotatable bonds is 4. The van der Waals surface area contributed by atoms with Crippen molar-refractivity contribution in [1.29, 1.82) is 0 Å². The number of nitrogens with two attached hydrogens (primary N) is 2. The second-order valence-electron chi connectivity index (χ2n) is 5.90. The molecule has 1 aliphatic carbocycles. The zero-order chi connectivity index (χ0) is 15.7. The Morgan fingerprint density at radius 1 is 1.32 bits per heavy atom. The van der Waals surface area contributed by atoms with Crippen LogP contribution in [0, 0.1) is 0 Å². The number of anilines is 1. The number of primary amides is 1. The lowest BCUT2D eigenvalue weighted by Gasteiger charge is -2.37. The first-order valence-electron chi connectivity index (χ1n) is 7.43. The fraction of sp³-hybridized carbons (Fsp3) is 0.353. The molecule has 1 amide bonds. The van der Waals surface area contributed by atoms with Crippen LogP contribution < -0.4 is 11.5 Å². The lowest BCUT2D eigenvalue weighted by molar-refractivity contribution is 0.1000. The summed E-state index contributed by atoms with van der Waals surface area (Å²) in [5.41, 5.74) is 14.1. The van der Waals surface area contributed by atoms with Gasteiger partial charge in [-0.2, -0.15) is 0 Å². The number of hydrogen-bond acceptors (Lipinski definition) is 4. The molecule has 116 valence electrons. The number of fused-ring (bicyclic) bond motifs is 1. The molecule has 0 aliphatic heterocycles. The predicted molar refractivity (Wildman–Crippen MR) is 89.1 cm³/mol. The number of aliphatic hydroxyl groups excluding tert-OH is 1. The van der Waals surface area contributed by atoms with Crippen molar-refractivity contribution >= 4 is 22.2 Å². The van der Waals surface area contributed by atoms with Gasteiger partial charge in [0, 0.05) is 16.9 Å². The lowest BCUT2D eigenvalue weighted by atomic mass is 9.67. The minimum atomic E-state index is -0.440. The van der Waals surface area contributed by atoms with Crippen LogP contribution in [0.15, 0.2) is 30.3 Å². The molecule has 3 rings (SSSR count). The summed E-state index contributed by atoms with van der Waals surface area (Å²) in [7, 11) is 0. The molecule has 0 spiro atoms. The predicted octanol–water partition coefficient (Wildman–Crippen LogP) is 2.24. The summed E-state index contributed by atoms with van der Waals surface area (Å²) < 4.78 is 0. The minimum absolute atomic E-state index is 0.0881. The average Bonchev–Trinajstić information content (AvgIpc) is 2.83. The van der Waals surface area contributed by atoms with E-state index in [4.69, 9.17) is 11.5 Å². The molecule has 5 heteroatoms. The zero-order valence-electron chi connectivity index (χ0n) is 12.3. The quantitative estimate of drug-likeness (QED) is 0.808. The fourth-order valence-electron chi connectivity index (χ4n) is 3.58. The van der Waals surface area contributed by atoms with E-state index in [1.54, 1.807) is 0 Å². The molecule has 0 saturated heterocycles. The maximum absolute atomic E-state index is 11.6. The largest absolute Gasteiger partial charge is 0.396 e. The van der Waals surface area contributed by atoms with Gasteiger partial charge < -0.3 is 16.6 Å². The molecule has 5 N–H and O–H groups in total. The van der Waals surface area contributed by atoms with Crippen LogP contribution in [0.3, 0.4) is 0 Å². The molecule has 1 unspecified atom stereocenters. The Labute approximate surface area is 133 Å². The van der Waals surface area contributed by atoms with Crippen molar-refractivity contribution in [1.82, 2.24) is 0 Å². The molecule has 0 fully saturated rings. The van der Waals surface area contributed by atoms with Crippen LogP contribution in [0.1, 0.15) is 39.2 Å². The van der Waals surface area contributed by atoms with Crippen LogP contribution in [0.25, 0.3) is 0 Å². The molecule has 22 heavy (non-hydrogen) atoms. The Bertz CT molecular complexity index is 696. The number of aliphatic hydroxyl groups is 1. The van der Waals surface area contributed by atoms with Crippen molar-refractivity contribution in [3.63, 3.8) is 0 Å². The molecule has 2 aromatic rings. The van der Waals surface area contributed by atoms with Crippen LogP contribution >= 0.6 is 11.3 Å². The van der Waals surface area contributed by atoms with Gasteiger partial charge in [-0.1, -0.05) is 30.3 Å². The number of nitrogen functional groups attached to an aromatic ring is 1. The number of thiophene rings is 1. The lowest BCUT2D eigenvalue weighted by Crippen LogP contribution is -2.34. The van der Waals surface area contributed by atoms with E-state index in [0.717, 1.165) is 29.7 Å². The monoisotopic (exact) mass is 316 g/mol. The van der Waals surface area contributed by atoms with Gasteiger partial charge in [0.2, 0.25) is 0 Å². The molecule has 1 heterocycles. The Kier molecular flexibility index (Phi) is 3.93. The Balaban J connectivity index is 2.04. The third-order valence-corrected chi connectivity index (χ3v) is 5.75. The number of benzene rings is 1. The first-order valence-corrected chi connectivity index (χ1v) is 8.25. The van der Waals surface area contributed by atoms with Crippen molar-refractivity contribution in [2.45, 2.75) is 31.1 Å². The molecule has 0 bridgehead atoms. The first kappa shape index (κ1) is 15.1.